The molecule has 0 spiro atoms. The van der Waals surface area contributed by atoms with Crippen LogP contribution in [0.4, 0.5) is 0 Å². The number of hydrogen-bond donors (Lipinski definition) is 0. The monoisotopic (exact) mass is 278 g/mol. The van der Waals surface area contributed by atoms with E-state index in [4.69, 9.17) is 4.74 Å². The van der Waals surface area contributed by atoms with Crippen LogP contribution in [0.15, 0.2) is 24.3 Å². The summed E-state index contributed by atoms with van der Waals surface area (Å²) < 4.78 is 6.00. The fourth-order valence-corrected chi connectivity index (χ4v) is 5.87. The highest BCUT2D eigenvalue weighted by molar-refractivity contribution is 5.63. The number of rotatable bonds is 1. The van der Waals surface area contributed by atoms with Crippen LogP contribution in [0.3, 0.4) is 0 Å². The maximum Gasteiger partial charge on any atom is 0.115 e. The van der Waals surface area contributed by atoms with Crippen LogP contribution in [-0.2, 0) is 15.6 Å². The maximum absolute atomic E-state index is 10.1. The van der Waals surface area contributed by atoms with Gasteiger partial charge in [0.15, 0.2) is 0 Å². The first-order chi connectivity index (χ1) is 9.97. The van der Waals surface area contributed by atoms with Crippen molar-refractivity contribution < 1.29 is 4.74 Å². The number of nitriles is 2. The van der Waals surface area contributed by atoms with Crippen LogP contribution in [-0.4, -0.2) is 12.7 Å². The van der Waals surface area contributed by atoms with Crippen LogP contribution in [0.1, 0.15) is 37.8 Å². The number of ether oxygens (including phenoxy) is 1. The fraction of sp³-hybridized carbons (Fsp3) is 0.556. The predicted molar refractivity (Wildman–Crippen MR) is 77.3 cm³/mol. The number of benzene rings is 1. The molecule has 0 N–H and O–H groups in total. The summed E-state index contributed by atoms with van der Waals surface area (Å²) in [4.78, 5) is 0. The Morgan fingerprint density at radius 1 is 1.10 bits per heavy atom. The zero-order valence-corrected chi connectivity index (χ0v) is 12.6. The van der Waals surface area contributed by atoms with E-state index in [2.05, 4.69) is 26.0 Å². The zero-order chi connectivity index (χ0) is 15.1. The van der Waals surface area contributed by atoms with E-state index in [1.54, 1.807) is 7.11 Å². The van der Waals surface area contributed by atoms with E-state index in [9.17, 15) is 10.5 Å². The van der Waals surface area contributed by atoms with Crippen LogP contribution in [0.25, 0.3) is 0 Å². The third-order valence-corrected chi connectivity index (χ3v) is 6.94. The van der Waals surface area contributed by atoms with Gasteiger partial charge in [0.2, 0.25) is 0 Å². The van der Waals surface area contributed by atoms with Crippen LogP contribution >= 0.6 is 0 Å². The maximum atomic E-state index is 10.1. The topological polar surface area (TPSA) is 56.8 Å². The minimum atomic E-state index is -0.597. The van der Waals surface area contributed by atoms with Gasteiger partial charge in [0.25, 0.3) is 0 Å². The molecule has 0 unspecified atom stereocenters. The Hall–Kier alpha value is -1.84. The summed E-state index contributed by atoms with van der Waals surface area (Å²) >= 11 is 0. The van der Waals surface area contributed by atoms with Gasteiger partial charge in [-0.25, -0.2) is 0 Å². The van der Waals surface area contributed by atoms with E-state index in [1.807, 2.05) is 24.3 Å². The smallest absolute Gasteiger partial charge is 0.115 e. The third-order valence-electron chi connectivity index (χ3n) is 6.94. The lowest BCUT2D eigenvalue weighted by molar-refractivity contribution is -0.287. The lowest BCUT2D eigenvalue weighted by Crippen LogP contribution is -2.84. The van der Waals surface area contributed by atoms with Gasteiger partial charge in [0, 0.05) is 12.5 Å². The standard InChI is InChI=1S/C18H18N2O/c1-15(2)16(10-19)8-12-9-18(15,21-3)17(12,11-20)14-7-5-4-6-13(14)16/h4-7,12H,8-9H2,1-3H3/t12-,16-,17+,18-/m1/s1. The highest BCUT2D eigenvalue weighted by Gasteiger charge is 2.85. The van der Waals surface area contributed by atoms with Crippen molar-refractivity contribution in [1.29, 1.82) is 10.5 Å². The van der Waals surface area contributed by atoms with Gasteiger partial charge >= 0.3 is 0 Å². The Kier molecular flexibility index (Phi) is 2.03. The Bertz CT molecular complexity index is 740. The van der Waals surface area contributed by atoms with Gasteiger partial charge in [-0.2, -0.15) is 10.5 Å². The second kappa shape index (κ2) is 3.32. The molecule has 5 aliphatic carbocycles. The van der Waals surface area contributed by atoms with Crippen molar-refractivity contribution in [1.82, 2.24) is 0 Å². The van der Waals surface area contributed by atoms with Crippen LogP contribution < -0.4 is 0 Å². The Balaban J connectivity index is 2.18. The van der Waals surface area contributed by atoms with Crippen molar-refractivity contribution in [3.05, 3.63) is 35.4 Å². The van der Waals surface area contributed by atoms with Gasteiger partial charge in [-0.15, -0.1) is 0 Å². The van der Waals surface area contributed by atoms with Gasteiger partial charge in [0.05, 0.1) is 23.2 Å². The Labute approximate surface area is 125 Å². The molecule has 4 bridgehead atoms. The van der Waals surface area contributed by atoms with E-state index < -0.39 is 16.4 Å². The summed E-state index contributed by atoms with van der Waals surface area (Å²) in [7, 11) is 1.70. The van der Waals surface area contributed by atoms with Crippen LogP contribution in [0, 0.1) is 34.0 Å². The van der Waals surface area contributed by atoms with Gasteiger partial charge in [-0.05, 0) is 29.9 Å². The Morgan fingerprint density at radius 3 is 2.33 bits per heavy atom. The zero-order valence-electron chi connectivity index (χ0n) is 12.6. The summed E-state index contributed by atoms with van der Waals surface area (Å²) in [5.41, 5.74) is -0.0218. The highest BCUT2D eigenvalue weighted by Crippen LogP contribution is 2.79. The molecule has 3 heteroatoms. The molecule has 0 aromatic heterocycles. The average Bonchev–Trinajstić information content (AvgIpc) is 2.47. The number of hydrogen-bond acceptors (Lipinski definition) is 3. The molecule has 21 heavy (non-hydrogen) atoms. The van der Waals surface area contributed by atoms with Crippen molar-refractivity contribution in [3.8, 4) is 12.1 Å². The van der Waals surface area contributed by atoms with Gasteiger partial charge in [-0.3, -0.25) is 0 Å². The molecule has 1 aromatic carbocycles. The lowest BCUT2D eigenvalue weighted by atomic mass is 9.25. The second-order valence-corrected chi connectivity index (χ2v) is 7.24. The van der Waals surface area contributed by atoms with Crippen molar-refractivity contribution in [2.75, 3.05) is 7.11 Å². The summed E-state index contributed by atoms with van der Waals surface area (Å²) in [6.07, 6.45) is 1.65. The lowest BCUT2D eigenvalue weighted by Gasteiger charge is -2.77. The minimum absolute atomic E-state index is 0.227. The summed E-state index contributed by atoms with van der Waals surface area (Å²) in [5.74, 6) is 0.227. The first kappa shape index (κ1) is 12.9. The summed E-state index contributed by atoms with van der Waals surface area (Å²) in [6.45, 7) is 4.22. The summed E-state index contributed by atoms with van der Waals surface area (Å²) in [5, 5.41) is 20.2. The molecule has 5 aliphatic rings. The molecule has 0 amide bonds. The van der Waals surface area contributed by atoms with E-state index >= 15 is 0 Å². The second-order valence-electron chi connectivity index (χ2n) is 7.24. The van der Waals surface area contributed by atoms with E-state index in [1.165, 1.54) is 0 Å². The number of nitrogens with zero attached hydrogens (tertiary/aromatic N) is 2. The molecule has 3 nitrogen and oxygen atoms in total. The van der Waals surface area contributed by atoms with Crippen LogP contribution in [0.2, 0.25) is 0 Å². The van der Waals surface area contributed by atoms with Gasteiger partial charge < -0.3 is 4.74 Å². The molecule has 0 aliphatic heterocycles. The predicted octanol–water partition coefficient (Wildman–Crippen LogP) is 3.06. The molecule has 0 heterocycles. The van der Waals surface area contributed by atoms with Crippen molar-refractivity contribution in [2.24, 2.45) is 11.3 Å². The summed E-state index contributed by atoms with van der Waals surface area (Å²) in [6, 6.07) is 13.2. The van der Waals surface area contributed by atoms with Crippen molar-refractivity contribution >= 4 is 0 Å². The first-order valence-electron chi connectivity index (χ1n) is 7.45. The molecule has 1 aromatic rings. The molecule has 6 rings (SSSR count). The molecule has 4 atom stereocenters. The normalized spacial score (nSPS) is 44.1. The van der Waals surface area contributed by atoms with E-state index in [0.29, 0.717) is 0 Å². The third kappa shape index (κ3) is 0.886. The first-order valence-corrected chi connectivity index (χ1v) is 7.45. The molecule has 3 saturated carbocycles. The quantitative estimate of drug-likeness (QED) is 0.793. The highest BCUT2D eigenvalue weighted by atomic mass is 16.5. The average molecular weight is 278 g/mol. The molecule has 106 valence electrons. The van der Waals surface area contributed by atoms with E-state index in [-0.39, 0.29) is 11.3 Å². The number of methoxy groups -OCH3 is 1. The SMILES string of the molecule is CO[C@@]12C[C@H]3C[C@@](C#N)(c4ccccc4[C@]31C#N)C2(C)C. The van der Waals surface area contributed by atoms with Crippen molar-refractivity contribution in [2.45, 2.75) is 43.1 Å². The minimum Gasteiger partial charge on any atom is -0.376 e. The van der Waals surface area contributed by atoms with E-state index in [0.717, 1.165) is 24.0 Å². The van der Waals surface area contributed by atoms with Gasteiger partial charge in [0.1, 0.15) is 5.41 Å². The largest absolute Gasteiger partial charge is 0.376 e. The molecular weight excluding hydrogens is 260 g/mol. The molecule has 0 radical (unpaired) electrons. The molecule has 3 fully saturated rings. The van der Waals surface area contributed by atoms with Crippen molar-refractivity contribution in [3.63, 3.8) is 0 Å². The fourth-order valence-electron chi connectivity index (χ4n) is 5.87. The molecule has 0 saturated heterocycles. The van der Waals surface area contributed by atoms with Crippen LogP contribution in [0.5, 0.6) is 0 Å². The van der Waals surface area contributed by atoms with Gasteiger partial charge in [-0.1, -0.05) is 38.1 Å². The molecular formula is C18H18N2O. The Morgan fingerprint density at radius 2 is 1.76 bits per heavy atom.